The molecule has 1 aromatic rings. The van der Waals surface area contributed by atoms with Crippen molar-refractivity contribution in [2.75, 3.05) is 52.0 Å². The lowest BCUT2D eigenvalue weighted by atomic mass is 10.2. The average Bonchev–Trinajstić information content (AvgIpc) is 2.51. The lowest BCUT2D eigenvalue weighted by Crippen LogP contribution is -2.44. The van der Waals surface area contributed by atoms with E-state index in [1.165, 1.54) is 0 Å². The number of hydrogen-bond donors (Lipinski definition) is 2. The molecule has 1 heterocycles. The summed E-state index contributed by atoms with van der Waals surface area (Å²) >= 11 is 5.85. The molecule has 3 N–H and O–H groups in total. The molecule has 0 aromatic heterocycles. The molecule has 122 valence electrons. The van der Waals surface area contributed by atoms with Crippen LogP contribution in [0.4, 0.5) is 5.69 Å². The molecule has 1 aromatic carbocycles. The zero-order valence-electron chi connectivity index (χ0n) is 13.1. The van der Waals surface area contributed by atoms with E-state index in [4.69, 9.17) is 17.3 Å². The van der Waals surface area contributed by atoms with E-state index >= 15 is 0 Å². The SMILES string of the molecule is CN1CCN(CCCCNC(=O)c2ccc(Cl)c(N)c2)CC1. The first-order valence-corrected chi connectivity index (χ1v) is 8.18. The summed E-state index contributed by atoms with van der Waals surface area (Å²) in [7, 11) is 2.16. The van der Waals surface area contributed by atoms with E-state index in [9.17, 15) is 4.79 Å². The van der Waals surface area contributed by atoms with Gasteiger partial charge in [-0.15, -0.1) is 0 Å². The number of nitrogen functional groups attached to an aromatic ring is 1. The quantitative estimate of drug-likeness (QED) is 0.617. The highest BCUT2D eigenvalue weighted by molar-refractivity contribution is 6.33. The topological polar surface area (TPSA) is 61.6 Å². The molecule has 1 aliphatic rings. The summed E-state index contributed by atoms with van der Waals surface area (Å²) in [5, 5.41) is 3.40. The summed E-state index contributed by atoms with van der Waals surface area (Å²) in [5.41, 5.74) is 6.70. The molecule has 0 spiro atoms. The van der Waals surface area contributed by atoms with Crippen LogP contribution in [0.3, 0.4) is 0 Å². The van der Waals surface area contributed by atoms with Gasteiger partial charge >= 0.3 is 0 Å². The Labute approximate surface area is 137 Å². The molecule has 0 atom stereocenters. The van der Waals surface area contributed by atoms with E-state index in [2.05, 4.69) is 22.2 Å². The molecule has 1 amide bonds. The van der Waals surface area contributed by atoms with Gasteiger partial charge in [-0.25, -0.2) is 0 Å². The third-order valence-electron chi connectivity index (χ3n) is 4.04. The van der Waals surface area contributed by atoms with Crippen LogP contribution in [-0.2, 0) is 0 Å². The Kier molecular flexibility index (Phi) is 6.49. The molecule has 22 heavy (non-hydrogen) atoms. The molecule has 1 saturated heterocycles. The number of halogens is 1. The Hall–Kier alpha value is -1.30. The molecule has 0 saturated carbocycles. The molecule has 1 fully saturated rings. The largest absolute Gasteiger partial charge is 0.398 e. The van der Waals surface area contributed by atoms with E-state index < -0.39 is 0 Å². The number of benzene rings is 1. The molecule has 0 bridgehead atoms. The molecule has 0 aliphatic carbocycles. The number of carbonyl (C=O) groups is 1. The molecule has 1 aliphatic heterocycles. The zero-order chi connectivity index (χ0) is 15.9. The van der Waals surface area contributed by atoms with Crippen LogP contribution in [0, 0.1) is 0 Å². The predicted octanol–water partition coefficient (Wildman–Crippen LogP) is 1.68. The van der Waals surface area contributed by atoms with Gasteiger partial charge in [-0.3, -0.25) is 4.79 Å². The smallest absolute Gasteiger partial charge is 0.251 e. The highest BCUT2D eigenvalue weighted by Gasteiger charge is 2.12. The van der Waals surface area contributed by atoms with Crippen LogP contribution in [0.5, 0.6) is 0 Å². The van der Waals surface area contributed by atoms with E-state index in [0.29, 0.717) is 22.8 Å². The van der Waals surface area contributed by atoms with Gasteiger partial charge in [0, 0.05) is 38.3 Å². The molecule has 0 radical (unpaired) electrons. The van der Waals surface area contributed by atoms with Crippen molar-refractivity contribution in [2.45, 2.75) is 12.8 Å². The van der Waals surface area contributed by atoms with E-state index in [0.717, 1.165) is 45.6 Å². The van der Waals surface area contributed by atoms with Gasteiger partial charge in [0.2, 0.25) is 0 Å². The highest BCUT2D eigenvalue weighted by Crippen LogP contribution is 2.19. The molecule has 5 nitrogen and oxygen atoms in total. The van der Waals surface area contributed by atoms with Gasteiger partial charge in [-0.1, -0.05) is 11.6 Å². The van der Waals surface area contributed by atoms with Crippen molar-refractivity contribution < 1.29 is 4.79 Å². The second-order valence-electron chi connectivity index (χ2n) is 5.84. The summed E-state index contributed by atoms with van der Waals surface area (Å²) < 4.78 is 0. The standard InChI is InChI=1S/C16H25ClN4O/c1-20-8-10-21(11-9-20)7-3-2-6-19-16(22)13-4-5-14(17)15(18)12-13/h4-5,12H,2-3,6-11,18H2,1H3,(H,19,22). The maximum Gasteiger partial charge on any atom is 0.251 e. The van der Waals surface area contributed by atoms with Crippen LogP contribution in [0.1, 0.15) is 23.2 Å². The van der Waals surface area contributed by atoms with Gasteiger partial charge in [0.05, 0.1) is 10.7 Å². The van der Waals surface area contributed by atoms with Crippen molar-refractivity contribution >= 4 is 23.2 Å². The number of hydrogen-bond acceptors (Lipinski definition) is 4. The number of unbranched alkanes of at least 4 members (excludes halogenated alkanes) is 1. The molecular formula is C16H25ClN4O. The normalized spacial score (nSPS) is 16.6. The lowest BCUT2D eigenvalue weighted by Gasteiger charge is -2.32. The third kappa shape index (κ3) is 5.16. The van der Waals surface area contributed by atoms with Crippen molar-refractivity contribution in [1.82, 2.24) is 15.1 Å². The summed E-state index contributed by atoms with van der Waals surface area (Å²) in [6.45, 7) is 6.38. The zero-order valence-corrected chi connectivity index (χ0v) is 13.9. The van der Waals surface area contributed by atoms with Gasteiger partial charge < -0.3 is 20.9 Å². The monoisotopic (exact) mass is 324 g/mol. The number of amides is 1. The Morgan fingerprint density at radius 2 is 2.00 bits per heavy atom. The first-order chi connectivity index (χ1) is 10.6. The fourth-order valence-corrected chi connectivity index (χ4v) is 2.64. The second-order valence-corrected chi connectivity index (χ2v) is 6.25. The highest BCUT2D eigenvalue weighted by atomic mass is 35.5. The summed E-state index contributed by atoms with van der Waals surface area (Å²) in [6, 6.07) is 4.96. The number of carbonyl (C=O) groups excluding carboxylic acids is 1. The molecule has 0 unspecified atom stereocenters. The number of nitrogens with zero attached hydrogens (tertiary/aromatic N) is 2. The van der Waals surface area contributed by atoms with Crippen LogP contribution in [0.2, 0.25) is 5.02 Å². The molecule has 2 rings (SSSR count). The second kappa shape index (κ2) is 8.36. The van der Waals surface area contributed by atoms with Crippen LogP contribution in [0.25, 0.3) is 0 Å². The lowest BCUT2D eigenvalue weighted by molar-refractivity contribution is 0.0952. The van der Waals surface area contributed by atoms with Gasteiger partial charge in [0.25, 0.3) is 5.91 Å². The first-order valence-electron chi connectivity index (χ1n) is 7.80. The van der Waals surface area contributed by atoms with E-state index in [-0.39, 0.29) is 5.91 Å². The van der Waals surface area contributed by atoms with Crippen LogP contribution < -0.4 is 11.1 Å². The fraction of sp³-hybridized carbons (Fsp3) is 0.562. The number of rotatable bonds is 6. The predicted molar refractivity (Wildman–Crippen MR) is 91.4 cm³/mol. The van der Waals surface area contributed by atoms with Gasteiger partial charge in [0.15, 0.2) is 0 Å². The molecule has 6 heteroatoms. The number of nitrogens with one attached hydrogen (secondary N) is 1. The fourth-order valence-electron chi connectivity index (χ4n) is 2.52. The molecular weight excluding hydrogens is 300 g/mol. The van der Waals surface area contributed by atoms with Gasteiger partial charge in [-0.05, 0) is 44.6 Å². The summed E-state index contributed by atoms with van der Waals surface area (Å²) in [6.07, 6.45) is 2.09. The Balaban J connectivity index is 1.62. The minimum absolute atomic E-state index is 0.0945. The van der Waals surface area contributed by atoms with Crippen molar-refractivity contribution in [1.29, 1.82) is 0 Å². The Bertz CT molecular complexity index is 501. The van der Waals surface area contributed by atoms with Crippen molar-refractivity contribution in [2.24, 2.45) is 0 Å². The van der Waals surface area contributed by atoms with Crippen LogP contribution in [0.15, 0.2) is 18.2 Å². The number of piperazine rings is 1. The van der Waals surface area contributed by atoms with Crippen LogP contribution in [-0.4, -0.2) is 62.0 Å². The maximum atomic E-state index is 12.0. The van der Waals surface area contributed by atoms with Crippen molar-refractivity contribution in [3.8, 4) is 0 Å². The number of nitrogens with two attached hydrogens (primary N) is 1. The van der Waals surface area contributed by atoms with Crippen LogP contribution >= 0.6 is 11.6 Å². The number of likely N-dealkylation sites (N-methyl/N-ethyl adjacent to an activating group) is 1. The minimum atomic E-state index is -0.0945. The average molecular weight is 325 g/mol. The van der Waals surface area contributed by atoms with E-state index in [1.807, 2.05) is 0 Å². The summed E-state index contributed by atoms with van der Waals surface area (Å²) in [4.78, 5) is 16.8. The van der Waals surface area contributed by atoms with E-state index in [1.54, 1.807) is 18.2 Å². The summed E-state index contributed by atoms with van der Waals surface area (Å²) in [5.74, 6) is -0.0945. The minimum Gasteiger partial charge on any atom is -0.398 e. The third-order valence-corrected chi connectivity index (χ3v) is 4.38. The van der Waals surface area contributed by atoms with Gasteiger partial charge in [0.1, 0.15) is 0 Å². The Morgan fingerprint density at radius 1 is 1.27 bits per heavy atom. The number of anilines is 1. The van der Waals surface area contributed by atoms with Gasteiger partial charge in [-0.2, -0.15) is 0 Å². The first kappa shape index (κ1) is 17.1. The maximum absolute atomic E-state index is 12.0. The Morgan fingerprint density at radius 3 is 2.68 bits per heavy atom. The van der Waals surface area contributed by atoms with Crippen molar-refractivity contribution in [3.05, 3.63) is 28.8 Å². The van der Waals surface area contributed by atoms with Crippen molar-refractivity contribution in [3.63, 3.8) is 0 Å².